The van der Waals surface area contributed by atoms with Gasteiger partial charge in [-0.05, 0) is 43.9 Å². The molecule has 0 bridgehead atoms. The summed E-state index contributed by atoms with van der Waals surface area (Å²) < 4.78 is 29.9. The first-order valence-electron chi connectivity index (χ1n) is 10.4. The van der Waals surface area contributed by atoms with Gasteiger partial charge in [0.2, 0.25) is 15.9 Å². The van der Waals surface area contributed by atoms with Crippen molar-refractivity contribution in [2.75, 3.05) is 12.3 Å². The van der Waals surface area contributed by atoms with E-state index in [9.17, 15) is 13.2 Å². The fourth-order valence-corrected chi connectivity index (χ4v) is 4.93. The third kappa shape index (κ3) is 5.96. The molecule has 1 aromatic carbocycles. The molecule has 0 saturated heterocycles. The largest absolute Gasteiger partial charge is 0.353 e. The molecule has 0 atom stereocenters. The zero-order valence-electron chi connectivity index (χ0n) is 17.1. The number of aromatic nitrogens is 2. The molecule has 1 heterocycles. The van der Waals surface area contributed by atoms with E-state index in [1.807, 2.05) is 11.5 Å². The number of nitrogens with one attached hydrogen (secondary N) is 2. The minimum absolute atomic E-state index is 0.0231. The molecule has 2 aromatic rings. The highest BCUT2D eigenvalue weighted by molar-refractivity contribution is 7.99. The smallest absolute Gasteiger partial charge is 0.240 e. The van der Waals surface area contributed by atoms with E-state index in [0.29, 0.717) is 18.3 Å². The molecule has 0 spiro atoms. The fraction of sp³-hybridized carbons (Fsp3) is 0.600. The molecule has 1 aromatic heterocycles. The molecule has 0 unspecified atom stereocenters. The molecule has 1 aliphatic carbocycles. The van der Waals surface area contributed by atoms with Crippen LogP contribution in [0.5, 0.6) is 0 Å². The van der Waals surface area contributed by atoms with Crippen molar-refractivity contribution < 1.29 is 13.2 Å². The standard InChI is InChI=1S/C20H30N4O3S2/c1-3-5-11-21-29(26,27)16-9-10-17-18(13-16)24(12-6-4-2)20(23-17)28-14-19(25)22-15-7-8-15/h9-10,13,15,21H,3-8,11-12,14H2,1-2H3,(H,22,25). The Hall–Kier alpha value is -1.58. The Balaban J connectivity index is 1.83. The summed E-state index contributed by atoms with van der Waals surface area (Å²) in [4.78, 5) is 17.0. The number of imidazole rings is 1. The van der Waals surface area contributed by atoms with Gasteiger partial charge in [0.25, 0.3) is 0 Å². The SMILES string of the molecule is CCCCNS(=O)(=O)c1ccc2nc(SCC(=O)NC3CC3)n(CCCC)c2c1. The monoisotopic (exact) mass is 438 g/mol. The predicted molar refractivity (Wildman–Crippen MR) is 117 cm³/mol. The number of aryl methyl sites for hydroxylation is 1. The maximum absolute atomic E-state index is 12.6. The van der Waals surface area contributed by atoms with Gasteiger partial charge in [0, 0.05) is 19.1 Å². The number of carbonyl (C=O) groups is 1. The van der Waals surface area contributed by atoms with Gasteiger partial charge >= 0.3 is 0 Å². The lowest BCUT2D eigenvalue weighted by Gasteiger charge is -2.10. The van der Waals surface area contributed by atoms with Crippen LogP contribution in [-0.2, 0) is 21.4 Å². The second-order valence-electron chi connectivity index (χ2n) is 7.43. The highest BCUT2D eigenvalue weighted by Crippen LogP contribution is 2.27. The molecule has 1 fully saturated rings. The zero-order valence-corrected chi connectivity index (χ0v) is 18.7. The molecule has 2 N–H and O–H groups in total. The van der Waals surface area contributed by atoms with E-state index in [1.54, 1.807) is 18.2 Å². The van der Waals surface area contributed by atoms with Gasteiger partial charge in [0.05, 0.1) is 21.7 Å². The van der Waals surface area contributed by atoms with Crippen LogP contribution in [0.3, 0.4) is 0 Å². The van der Waals surface area contributed by atoms with E-state index >= 15 is 0 Å². The van der Waals surface area contributed by atoms with E-state index in [0.717, 1.165) is 61.3 Å². The summed E-state index contributed by atoms with van der Waals surface area (Å²) in [6, 6.07) is 5.39. The number of thioether (sulfide) groups is 1. The van der Waals surface area contributed by atoms with Gasteiger partial charge in [-0.3, -0.25) is 4.79 Å². The first kappa shape index (κ1) is 22.1. The molecular weight excluding hydrogens is 408 g/mol. The molecule has 3 rings (SSSR count). The number of hydrogen-bond donors (Lipinski definition) is 2. The van der Waals surface area contributed by atoms with Crippen LogP contribution in [0.1, 0.15) is 52.4 Å². The highest BCUT2D eigenvalue weighted by atomic mass is 32.2. The molecule has 160 valence electrons. The molecule has 7 nitrogen and oxygen atoms in total. The summed E-state index contributed by atoms with van der Waals surface area (Å²) in [7, 11) is -3.55. The number of rotatable bonds is 12. The third-order valence-electron chi connectivity index (χ3n) is 4.83. The van der Waals surface area contributed by atoms with E-state index in [-0.39, 0.29) is 10.8 Å². The first-order chi connectivity index (χ1) is 13.9. The van der Waals surface area contributed by atoms with Crippen LogP contribution < -0.4 is 10.0 Å². The second kappa shape index (κ2) is 9.95. The van der Waals surface area contributed by atoms with Crippen molar-refractivity contribution in [2.24, 2.45) is 0 Å². The summed E-state index contributed by atoms with van der Waals surface area (Å²) >= 11 is 1.41. The average Bonchev–Trinajstić information content (AvgIpc) is 3.43. The van der Waals surface area contributed by atoms with Gasteiger partial charge in [0.1, 0.15) is 0 Å². The minimum atomic E-state index is -3.55. The topological polar surface area (TPSA) is 93.1 Å². The van der Waals surface area contributed by atoms with E-state index in [2.05, 4.69) is 21.9 Å². The summed E-state index contributed by atoms with van der Waals surface area (Å²) in [5, 5.41) is 3.75. The van der Waals surface area contributed by atoms with Gasteiger partial charge in [0.15, 0.2) is 5.16 Å². The number of nitrogens with zero attached hydrogens (tertiary/aromatic N) is 2. The average molecular weight is 439 g/mol. The van der Waals surface area contributed by atoms with Crippen molar-refractivity contribution in [3.8, 4) is 0 Å². The van der Waals surface area contributed by atoms with Crippen LogP contribution in [0.15, 0.2) is 28.3 Å². The fourth-order valence-electron chi connectivity index (χ4n) is 2.98. The number of fused-ring (bicyclic) bond motifs is 1. The number of benzene rings is 1. The normalized spacial score (nSPS) is 14.4. The van der Waals surface area contributed by atoms with Crippen LogP contribution in [0.2, 0.25) is 0 Å². The van der Waals surface area contributed by atoms with E-state index in [4.69, 9.17) is 0 Å². The van der Waals surface area contributed by atoms with Gasteiger partial charge in [-0.15, -0.1) is 0 Å². The molecule has 0 radical (unpaired) electrons. The molecule has 1 amide bonds. The second-order valence-corrected chi connectivity index (χ2v) is 10.1. The van der Waals surface area contributed by atoms with Crippen molar-refractivity contribution in [1.82, 2.24) is 19.6 Å². The van der Waals surface area contributed by atoms with E-state index < -0.39 is 10.0 Å². The van der Waals surface area contributed by atoms with Crippen LogP contribution >= 0.6 is 11.8 Å². The van der Waals surface area contributed by atoms with Crippen molar-refractivity contribution in [1.29, 1.82) is 0 Å². The number of amides is 1. The Morgan fingerprint density at radius 2 is 2.00 bits per heavy atom. The van der Waals surface area contributed by atoms with Crippen molar-refractivity contribution in [2.45, 2.75) is 75.0 Å². The van der Waals surface area contributed by atoms with Crippen LogP contribution in [0.25, 0.3) is 11.0 Å². The molecule has 1 saturated carbocycles. The number of unbranched alkanes of at least 4 members (excludes halogenated alkanes) is 2. The van der Waals surface area contributed by atoms with Gasteiger partial charge in [-0.1, -0.05) is 38.5 Å². The lowest BCUT2D eigenvalue weighted by molar-refractivity contribution is -0.118. The van der Waals surface area contributed by atoms with Crippen molar-refractivity contribution >= 4 is 38.7 Å². The summed E-state index contributed by atoms with van der Waals surface area (Å²) in [5.74, 6) is 0.338. The van der Waals surface area contributed by atoms with Crippen LogP contribution in [0, 0.1) is 0 Å². The summed E-state index contributed by atoms with van der Waals surface area (Å²) in [6.45, 7) is 5.31. The van der Waals surface area contributed by atoms with Crippen molar-refractivity contribution in [3.63, 3.8) is 0 Å². The lowest BCUT2D eigenvalue weighted by Crippen LogP contribution is -2.27. The van der Waals surface area contributed by atoms with E-state index in [1.165, 1.54) is 11.8 Å². The Labute approximate surface area is 177 Å². The van der Waals surface area contributed by atoms with Gasteiger partial charge in [-0.2, -0.15) is 0 Å². The Bertz CT molecular complexity index is 952. The quantitative estimate of drug-likeness (QED) is 0.392. The highest BCUT2D eigenvalue weighted by Gasteiger charge is 2.24. The summed E-state index contributed by atoms with van der Waals surface area (Å²) in [5.41, 5.74) is 1.54. The maximum Gasteiger partial charge on any atom is 0.240 e. The summed E-state index contributed by atoms with van der Waals surface area (Å²) in [6.07, 6.45) is 5.84. The molecule has 29 heavy (non-hydrogen) atoms. The van der Waals surface area contributed by atoms with Crippen LogP contribution in [0.4, 0.5) is 0 Å². The van der Waals surface area contributed by atoms with Gasteiger partial charge < -0.3 is 9.88 Å². The lowest BCUT2D eigenvalue weighted by atomic mass is 10.3. The molecule has 9 heteroatoms. The Morgan fingerprint density at radius 3 is 2.69 bits per heavy atom. The minimum Gasteiger partial charge on any atom is -0.353 e. The molecule has 0 aliphatic heterocycles. The number of hydrogen-bond acceptors (Lipinski definition) is 5. The number of sulfonamides is 1. The van der Waals surface area contributed by atoms with Crippen molar-refractivity contribution in [3.05, 3.63) is 18.2 Å². The third-order valence-corrected chi connectivity index (χ3v) is 7.26. The zero-order chi connectivity index (χ0) is 20.9. The number of carbonyl (C=O) groups excluding carboxylic acids is 1. The first-order valence-corrected chi connectivity index (χ1v) is 12.8. The van der Waals surface area contributed by atoms with Gasteiger partial charge in [-0.25, -0.2) is 18.1 Å². The molecular formula is C20H30N4O3S2. The predicted octanol–water partition coefficient (Wildman–Crippen LogP) is 3.29. The molecule has 1 aliphatic rings. The maximum atomic E-state index is 12.6. The van der Waals surface area contributed by atoms with Crippen LogP contribution in [-0.4, -0.2) is 42.2 Å². The Kier molecular flexibility index (Phi) is 7.59. The Morgan fingerprint density at radius 1 is 1.24 bits per heavy atom.